The molecule has 0 amide bonds. The fourth-order valence-corrected chi connectivity index (χ4v) is 2.25. The van der Waals surface area contributed by atoms with Gasteiger partial charge in [-0.05, 0) is 36.2 Å². The number of benzene rings is 2. The van der Waals surface area contributed by atoms with Crippen LogP contribution in [-0.2, 0) is 7.05 Å². The number of nitrogens with zero attached hydrogens (tertiary/aromatic N) is 2. The minimum atomic E-state index is -0.652. The lowest BCUT2D eigenvalue weighted by molar-refractivity contribution is 0.569. The summed E-state index contributed by atoms with van der Waals surface area (Å²) in [5, 5.41) is 4.76. The Morgan fingerprint density at radius 2 is 1.65 bits per heavy atom. The second-order valence-electron chi connectivity index (χ2n) is 4.75. The van der Waals surface area contributed by atoms with E-state index in [1.165, 1.54) is 35.9 Å². The van der Waals surface area contributed by atoms with Gasteiger partial charge in [-0.1, -0.05) is 0 Å². The van der Waals surface area contributed by atoms with E-state index in [-0.39, 0.29) is 5.56 Å². The molecular weight excluding hydrogens is 265 g/mol. The molecule has 1 heterocycles. The topological polar surface area (TPSA) is 17.8 Å². The lowest BCUT2D eigenvalue weighted by atomic mass is 10.00. The molecule has 3 aromatic rings. The van der Waals surface area contributed by atoms with Crippen molar-refractivity contribution in [2.24, 2.45) is 7.05 Å². The van der Waals surface area contributed by atoms with Gasteiger partial charge < -0.3 is 0 Å². The van der Waals surface area contributed by atoms with Crippen molar-refractivity contribution in [2.75, 3.05) is 0 Å². The molecule has 0 aliphatic carbocycles. The first-order valence-electron chi connectivity index (χ1n) is 6.04. The van der Waals surface area contributed by atoms with E-state index in [2.05, 4.69) is 5.10 Å². The number of fused-ring (bicyclic) bond motifs is 1. The summed E-state index contributed by atoms with van der Waals surface area (Å²) >= 11 is 0. The number of hydrogen-bond donors (Lipinski definition) is 0. The molecule has 2 aromatic carbocycles. The molecule has 0 fully saturated rings. The van der Waals surface area contributed by atoms with Crippen LogP contribution in [0.2, 0.25) is 0 Å². The molecule has 0 spiro atoms. The Hall–Kier alpha value is -2.30. The summed E-state index contributed by atoms with van der Waals surface area (Å²) in [5.41, 5.74) is 1.12. The highest BCUT2D eigenvalue weighted by Crippen LogP contribution is 2.31. The first kappa shape index (κ1) is 12.7. The van der Waals surface area contributed by atoms with E-state index in [0.717, 1.165) is 0 Å². The standard InChI is InChI=1S/C15H11F3N2/c1-8-13(17)3-9(4-14(8)18)11-5-10(16)6-15-12(11)7-20(2)19-15/h3-7H,1-2H3. The largest absolute Gasteiger partial charge is 0.275 e. The van der Waals surface area contributed by atoms with Crippen molar-refractivity contribution >= 4 is 10.9 Å². The van der Waals surface area contributed by atoms with Gasteiger partial charge >= 0.3 is 0 Å². The van der Waals surface area contributed by atoms with Gasteiger partial charge in [0.15, 0.2) is 0 Å². The third-order valence-corrected chi connectivity index (χ3v) is 3.30. The average molecular weight is 276 g/mol. The lowest BCUT2D eigenvalue weighted by Crippen LogP contribution is -1.91. The Morgan fingerprint density at radius 3 is 2.30 bits per heavy atom. The maximum Gasteiger partial charge on any atom is 0.129 e. The van der Waals surface area contributed by atoms with Crippen molar-refractivity contribution in [2.45, 2.75) is 6.92 Å². The molecule has 0 unspecified atom stereocenters. The fourth-order valence-electron chi connectivity index (χ4n) is 2.25. The molecule has 0 radical (unpaired) electrons. The van der Waals surface area contributed by atoms with Crippen LogP contribution in [0.4, 0.5) is 13.2 Å². The fraction of sp³-hybridized carbons (Fsp3) is 0.133. The van der Waals surface area contributed by atoms with Gasteiger partial charge in [-0.25, -0.2) is 13.2 Å². The maximum absolute atomic E-state index is 13.7. The number of halogens is 3. The first-order chi connectivity index (χ1) is 9.45. The van der Waals surface area contributed by atoms with Crippen LogP contribution in [0, 0.1) is 24.4 Å². The highest BCUT2D eigenvalue weighted by molar-refractivity contribution is 5.94. The second kappa shape index (κ2) is 4.37. The van der Waals surface area contributed by atoms with Crippen LogP contribution in [0.5, 0.6) is 0 Å². The maximum atomic E-state index is 13.7. The lowest BCUT2D eigenvalue weighted by Gasteiger charge is -2.06. The number of rotatable bonds is 1. The van der Waals surface area contributed by atoms with Crippen LogP contribution in [0.1, 0.15) is 5.56 Å². The van der Waals surface area contributed by atoms with Crippen molar-refractivity contribution in [3.05, 3.63) is 53.5 Å². The predicted molar refractivity (Wildman–Crippen MR) is 70.8 cm³/mol. The van der Waals surface area contributed by atoms with E-state index in [1.807, 2.05) is 0 Å². The molecular formula is C15H11F3N2. The molecule has 3 rings (SSSR count). The van der Waals surface area contributed by atoms with E-state index in [1.54, 1.807) is 13.2 Å². The molecule has 0 bridgehead atoms. The van der Waals surface area contributed by atoms with E-state index in [4.69, 9.17) is 0 Å². The Kier molecular flexibility index (Phi) is 2.78. The number of aromatic nitrogens is 2. The highest BCUT2D eigenvalue weighted by atomic mass is 19.1. The molecule has 2 nitrogen and oxygen atoms in total. The number of aryl methyl sites for hydroxylation is 1. The zero-order valence-electron chi connectivity index (χ0n) is 10.9. The Bertz CT molecular complexity index is 798. The summed E-state index contributed by atoms with van der Waals surface area (Å²) in [6, 6.07) is 4.96. The van der Waals surface area contributed by atoms with Crippen LogP contribution in [0.3, 0.4) is 0 Å². The zero-order valence-corrected chi connectivity index (χ0v) is 10.9. The molecule has 5 heteroatoms. The van der Waals surface area contributed by atoms with Gasteiger partial charge in [-0.15, -0.1) is 0 Å². The van der Waals surface area contributed by atoms with Crippen LogP contribution in [0.25, 0.3) is 22.0 Å². The van der Waals surface area contributed by atoms with Gasteiger partial charge in [0.25, 0.3) is 0 Å². The first-order valence-corrected chi connectivity index (χ1v) is 6.04. The van der Waals surface area contributed by atoms with E-state index in [0.29, 0.717) is 22.0 Å². The Morgan fingerprint density at radius 1 is 1.00 bits per heavy atom. The second-order valence-corrected chi connectivity index (χ2v) is 4.75. The normalized spacial score (nSPS) is 11.2. The smallest absolute Gasteiger partial charge is 0.129 e. The van der Waals surface area contributed by atoms with Crippen molar-refractivity contribution in [3.8, 4) is 11.1 Å². The molecule has 0 aliphatic rings. The van der Waals surface area contributed by atoms with Gasteiger partial charge in [0.05, 0.1) is 5.52 Å². The Labute approximate surface area is 113 Å². The Balaban J connectivity index is 2.34. The SMILES string of the molecule is Cc1c(F)cc(-c2cc(F)cc3nn(C)cc23)cc1F. The third-order valence-electron chi connectivity index (χ3n) is 3.30. The van der Waals surface area contributed by atoms with Gasteiger partial charge in [0.2, 0.25) is 0 Å². The van der Waals surface area contributed by atoms with E-state index >= 15 is 0 Å². The van der Waals surface area contributed by atoms with E-state index in [9.17, 15) is 13.2 Å². The molecule has 0 N–H and O–H groups in total. The van der Waals surface area contributed by atoms with Crippen molar-refractivity contribution in [3.63, 3.8) is 0 Å². The van der Waals surface area contributed by atoms with Crippen LogP contribution >= 0.6 is 0 Å². The van der Waals surface area contributed by atoms with Crippen molar-refractivity contribution in [1.82, 2.24) is 9.78 Å². The van der Waals surface area contributed by atoms with Crippen LogP contribution < -0.4 is 0 Å². The van der Waals surface area contributed by atoms with Crippen LogP contribution in [0.15, 0.2) is 30.5 Å². The monoisotopic (exact) mass is 276 g/mol. The number of hydrogen-bond acceptors (Lipinski definition) is 1. The molecule has 20 heavy (non-hydrogen) atoms. The quantitative estimate of drug-likeness (QED) is 0.657. The van der Waals surface area contributed by atoms with Gasteiger partial charge in [-0.3, -0.25) is 4.68 Å². The minimum absolute atomic E-state index is 0.0485. The summed E-state index contributed by atoms with van der Waals surface area (Å²) in [7, 11) is 1.71. The summed E-state index contributed by atoms with van der Waals surface area (Å²) < 4.78 is 42.5. The predicted octanol–water partition coefficient (Wildman–Crippen LogP) is 3.97. The van der Waals surface area contributed by atoms with Crippen molar-refractivity contribution in [1.29, 1.82) is 0 Å². The van der Waals surface area contributed by atoms with E-state index < -0.39 is 17.5 Å². The molecule has 1 aromatic heterocycles. The van der Waals surface area contributed by atoms with Crippen molar-refractivity contribution < 1.29 is 13.2 Å². The minimum Gasteiger partial charge on any atom is -0.275 e. The zero-order chi connectivity index (χ0) is 14.4. The van der Waals surface area contributed by atoms with Gasteiger partial charge in [0.1, 0.15) is 17.5 Å². The summed E-state index contributed by atoms with van der Waals surface area (Å²) in [6.45, 7) is 1.36. The van der Waals surface area contributed by atoms with Gasteiger partial charge in [-0.2, -0.15) is 5.10 Å². The molecule has 0 saturated heterocycles. The summed E-state index contributed by atoms with van der Waals surface area (Å²) in [6.07, 6.45) is 1.69. The van der Waals surface area contributed by atoms with Gasteiger partial charge in [0, 0.05) is 30.3 Å². The highest BCUT2D eigenvalue weighted by Gasteiger charge is 2.13. The summed E-state index contributed by atoms with van der Waals surface area (Å²) in [5.74, 6) is -1.80. The van der Waals surface area contributed by atoms with Crippen LogP contribution in [-0.4, -0.2) is 9.78 Å². The molecule has 0 saturated carbocycles. The summed E-state index contributed by atoms with van der Waals surface area (Å²) in [4.78, 5) is 0. The molecule has 0 atom stereocenters. The third kappa shape index (κ3) is 1.95. The molecule has 0 aliphatic heterocycles. The average Bonchev–Trinajstić information content (AvgIpc) is 2.74. The molecule has 102 valence electrons.